The predicted molar refractivity (Wildman–Crippen MR) is 149 cm³/mol. The number of nitrogens with zero attached hydrogens (tertiary/aromatic N) is 4. The highest BCUT2D eigenvalue weighted by Gasteiger charge is 2.40. The van der Waals surface area contributed by atoms with Gasteiger partial charge in [-0.1, -0.05) is 35.3 Å². The van der Waals surface area contributed by atoms with E-state index in [0.29, 0.717) is 61.2 Å². The summed E-state index contributed by atoms with van der Waals surface area (Å²) in [6.07, 6.45) is -1.49. The number of benzene rings is 1. The molecule has 2 aromatic rings. The Labute approximate surface area is 251 Å². The third-order valence-electron chi connectivity index (χ3n) is 7.49. The van der Waals surface area contributed by atoms with Crippen molar-refractivity contribution in [3.05, 3.63) is 63.9 Å². The van der Waals surface area contributed by atoms with Crippen LogP contribution in [0, 0.1) is 5.92 Å². The molecule has 42 heavy (non-hydrogen) atoms. The number of alkyl halides is 3. The van der Waals surface area contributed by atoms with Crippen molar-refractivity contribution in [3.8, 4) is 0 Å². The molecule has 2 saturated heterocycles. The van der Waals surface area contributed by atoms with Crippen LogP contribution in [0.15, 0.2) is 42.6 Å². The number of piperidine rings is 2. The first kappa shape index (κ1) is 33.1. The number of rotatable bonds is 4. The fourth-order valence-corrected chi connectivity index (χ4v) is 5.50. The molecule has 9 nitrogen and oxygen atoms in total. The number of carboxylic acid groups (broad SMARTS) is 1. The van der Waals surface area contributed by atoms with E-state index in [0.717, 1.165) is 5.56 Å². The van der Waals surface area contributed by atoms with Crippen molar-refractivity contribution in [1.29, 1.82) is 0 Å². The number of likely N-dealkylation sites (tertiary alicyclic amines) is 2. The molecule has 2 atom stereocenters. The van der Waals surface area contributed by atoms with Crippen molar-refractivity contribution in [2.75, 3.05) is 33.2 Å². The largest absolute Gasteiger partial charge is 0.490 e. The second kappa shape index (κ2) is 14.2. The fraction of sp³-hybridized carbons (Fsp3) is 0.464. The molecule has 2 aliphatic rings. The Bertz CT molecular complexity index is 1290. The number of aromatic nitrogens is 1. The second-order valence-electron chi connectivity index (χ2n) is 10.1. The van der Waals surface area contributed by atoms with Crippen molar-refractivity contribution < 1.29 is 37.5 Å². The van der Waals surface area contributed by atoms with Gasteiger partial charge in [-0.2, -0.15) is 13.2 Å². The topological polar surface area (TPSA) is 111 Å². The third-order valence-corrected chi connectivity index (χ3v) is 8.23. The number of amides is 3. The fourth-order valence-electron chi connectivity index (χ4n) is 5.19. The number of aliphatic carboxylic acids is 1. The molecule has 1 N–H and O–H groups in total. The van der Waals surface area contributed by atoms with E-state index in [1.165, 1.54) is 0 Å². The number of likely N-dealkylation sites (N-methyl/N-ethyl adjacent to an activating group) is 1. The van der Waals surface area contributed by atoms with Gasteiger partial charge in [0.1, 0.15) is 5.69 Å². The summed E-state index contributed by atoms with van der Waals surface area (Å²) >= 11 is 12.5. The molecule has 14 heteroatoms. The first-order chi connectivity index (χ1) is 19.7. The molecule has 228 valence electrons. The molecule has 3 heterocycles. The maximum absolute atomic E-state index is 13.4. The molecule has 0 unspecified atom stereocenters. The molecule has 0 radical (unpaired) electrons. The van der Waals surface area contributed by atoms with E-state index in [1.807, 2.05) is 17.0 Å². The lowest BCUT2D eigenvalue weighted by molar-refractivity contribution is -0.192. The molecule has 3 amide bonds. The van der Waals surface area contributed by atoms with Crippen LogP contribution < -0.4 is 0 Å². The van der Waals surface area contributed by atoms with Crippen molar-refractivity contribution in [2.45, 2.75) is 44.3 Å². The van der Waals surface area contributed by atoms with E-state index in [1.54, 1.807) is 54.2 Å². The number of hydrogen-bond donors (Lipinski definition) is 1. The summed E-state index contributed by atoms with van der Waals surface area (Å²) in [5.74, 6) is -2.96. The van der Waals surface area contributed by atoms with Gasteiger partial charge in [0.25, 0.3) is 5.91 Å². The highest BCUT2D eigenvalue weighted by Crippen LogP contribution is 2.35. The lowest BCUT2D eigenvalue weighted by Gasteiger charge is -2.44. The standard InChI is InChI=1S/C26H30Cl2N4O3.C2HF3O2/c1-17(33)31-12-8-18(9-13-31)25(34)32-14-10-24(30(2)26(35)23-5-3-4-11-29-23)20(16-32)19-6-7-21(27)22(28)15-19;3-2(4,5)1(6)7/h3-7,11,15,18,20,24H,8-10,12-14,16H2,1-2H3;(H,6,7)/t20-,24+;/m0./s1. The summed E-state index contributed by atoms with van der Waals surface area (Å²) in [4.78, 5) is 56.9. The molecule has 1 aromatic carbocycles. The summed E-state index contributed by atoms with van der Waals surface area (Å²) in [6.45, 7) is 3.83. The third kappa shape index (κ3) is 8.34. The van der Waals surface area contributed by atoms with E-state index >= 15 is 0 Å². The molecule has 2 fully saturated rings. The quantitative estimate of drug-likeness (QED) is 0.523. The SMILES string of the molecule is CC(=O)N1CCC(C(=O)N2CC[C@@H](N(C)C(=O)c3ccccn3)[C@H](c3ccc(Cl)c(Cl)c3)C2)CC1.O=C(O)C(F)(F)F. The number of halogens is 5. The van der Waals surface area contributed by atoms with Crippen LogP contribution in [-0.4, -0.2) is 93.9 Å². The summed E-state index contributed by atoms with van der Waals surface area (Å²) < 4.78 is 31.7. The van der Waals surface area contributed by atoms with Gasteiger partial charge in [0.05, 0.1) is 10.0 Å². The lowest BCUT2D eigenvalue weighted by atomic mass is 9.84. The minimum atomic E-state index is -5.08. The average Bonchev–Trinajstić information content (AvgIpc) is 2.97. The Hall–Kier alpha value is -3.38. The molecule has 2 aliphatic heterocycles. The van der Waals surface area contributed by atoms with E-state index in [-0.39, 0.29) is 35.6 Å². The number of carboxylic acids is 1. The van der Waals surface area contributed by atoms with Crippen molar-refractivity contribution >= 4 is 46.9 Å². The Balaban J connectivity index is 0.000000616. The Kier molecular flexibility index (Phi) is 11.2. The summed E-state index contributed by atoms with van der Waals surface area (Å²) in [7, 11) is 1.79. The number of pyridine rings is 1. The number of carbonyl (C=O) groups excluding carboxylic acids is 3. The molecule has 4 rings (SSSR count). The molecular formula is C28H31Cl2F3N4O5. The van der Waals surface area contributed by atoms with Crippen molar-refractivity contribution in [3.63, 3.8) is 0 Å². The Morgan fingerprint density at radius 2 is 1.60 bits per heavy atom. The minimum absolute atomic E-state index is 0.0528. The van der Waals surface area contributed by atoms with Gasteiger partial charge in [0.15, 0.2) is 0 Å². The van der Waals surface area contributed by atoms with Crippen LogP contribution in [0.1, 0.15) is 48.2 Å². The average molecular weight is 631 g/mol. The summed E-state index contributed by atoms with van der Waals surface area (Å²) in [5, 5.41) is 8.03. The zero-order chi connectivity index (χ0) is 31.2. The molecular weight excluding hydrogens is 600 g/mol. The van der Waals surface area contributed by atoms with Gasteiger partial charge in [-0.25, -0.2) is 4.79 Å². The van der Waals surface area contributed by atoms with Gasteiger partial charge in [-0.05, 0) is 49.1 Å². The van der Waals surface area contributed by atoms with Gasteiger partial charge in [0, 0.05) is 64.2 Å². The zero-order valence-electron chi connectivity index (χ0n) is 23.0. The lowest BCUT2D eigenvalue weighted by Crippen LogP contribution is -2.53. The van der Waals surface area contributed by atoms with E-state index in [2.05, 4.69) is 4.98 Å². The predicted octanol–water partition coefficient (Wildman–Crippen LogP) is 4.74. The van der Waals surface area contributed by atoms with Gasteiger partial charge in [0.2, 0.25) is 11.8 Å². The van der Waals surface area contributed by atoms with Crippen LogP contribution in [0.4, 0.5) is 13.2 Å². The maximum Gasteiger partial charge on any atom is 0.490 e. The summed E-state index contributed by atoms with van der Waals surface area (Å²) in [5.41, 5.74) is 1.33. The molecule has 0 aliphatic carbocycles. The number of carbonyl (C=O) groups is 4. The smallest absolute Gasteiger partial charge is 0.475 e. The maximum atomic E-state index is 13.4. The van der Waals surface area contributed by atoms with Crippen molar-refractivity contribution in [2.24, 2.45) is 5.92 Å². The molecule has 1 aromatic heterocycles. The van der Waals surface area contributed by atoms with Gasteiger partial charge < -0.3 is 19.8 Å². The highest BCUT2D eigenvalue weighted by atomic mass is 35.5. The second-order valence-corrected chi connectivity index (χ2v) is 10.9. The van der Waals surface area contributed by atoms with Crippen LogP contribution in [0.2, 0.25) is 10.0 Å². The van der Waals surface area contributed by atoms with Crippen molar-refractivity contribution in [1.82, 2.24) is 19.7 Å². The van der Waals surface area contributed by atoms with Crippen LogP contribution in [0.5, 0.6) is 0 Å². The zero-order valence-corrected chi connectivity index (χ0v) is 24.5. The number of hydrogen-bond acceptors (Lipinski definition) is 5. The minimum Gasteiger partial charge on any atom is -0.475 e. The summed E-state index contributed by atoms with van der Waals surface area (Å²) in [6, 6.07) is 10.7. The van der Waals surface area contributed by atoms with Crippen LogP contribution in [0.3, 0.4) is 0 Å². The normalized spacial score (nSPS) is 19.4. The first-order valence-electron chi connectivity index (χ1n) is 13.2. The van der Waals surface area contributed by atoms with E-state index < -0.39 is 12.1 Å². The molecule has 0 saturated carbocycles. The van der Waals surface area contributed by atoms with Gasteiger partial charge in [-0.15, -0.1) is 0 Å². The Morgan fingerprint density at radius 3 is 2.12 bits per heavy atom. The van der Waals surface area contributed by atoms with E-state index in [4.69, 9.17) is 33.1 Å². The monoisotopic (exact) mass is 630 g/mol. The van der Waals surface area contributed by atoms with E-state index in [9.17, 15) is 27.6 Å². The van der Waals surface area contributed by atoms with Crippen LogP contribution in [0.25, 0.3) is 0 Å². The van der Waals surface area contributed by atoms with Crippen LogP contribution in [-0.2, 0) is 14.4 Å². The first-order valence-corrected chi connectivity index (χ1v) is 13.9. The van der Waals surface area contributed by atoms with Gasteiger partial charge in [-0.3, -0.25) is 19.4 Å². The van der Waals surface area contributed by atoms with Gasteiger partial charge >= 0.3 is 12.1 Å². The Morgan fingerprint density at radius 1 is 0.976 bits per heavy atom. The highest BCUT2D eigenvalue weighted by molar-refractivity contribution is 6.42. The molecule has 0 spiro atoms. The molecule has 0 bridgehead atoms. The van der Waals surface area contributed by atoms with Crippen LogP contribution >= 0.6 is 23.2 Å².